The van der Waals surface area contributed by atoms with Crippen LogP contribution < -0.4 is 0 Å². The number of aliphatic hydroxyl groups excluding tert-OH is 1. The van der Waals surface area contributed by atoms with E-state index in [1.807, 2.05) is 0 Å². The van der Waals surface area contributed by atoms with E-state index in [1.165, 1.54) is 17.5 Å². The zero-order chi connectivity index (χ0) is 19.8. The van der Waals surface area contributed by atoms with Gasteiger partial charge in [0.1, 0.15) is 0 Å². The van der Waals surface area contributed by atoms with Crippen molar-refractivity contribution in [3.05, 3.63) is 71.8 Å². The summed E-state index contributed by atoms with van der Waals surface area (Å²) in [5, 5.41) is 9.59. The van der Waals surface area contributed by atoms with Crippen molar-refractivity contribution in [1.82, 2.24) is 9.80 Å². The SMILES string of the molecule is CC(C)CCN1CCN(CC(c2ccccc2)c2ccccc2)C[C@@H]1CCO. The van der Waals surface area contributed by atoms with Gasteiger partial charge in [-0.15, -0.1) is 0 Å². The Morgan fingerprint density at radius 2 is 1.54 bits per heavy atom. The Bertz CT molecular complexity index is 634. The average Bonchev–Trinajstić information content (AvgIpc) is 2.73. The van der Waals surface area contributed by atoms with Crippen LogP contribution in [0.2, 0.25) is 0 Å². The highest BCUT2D eigenvalue weighted by molar-refractivity contribution is 5.32. The van der Waals surface area contributed by atoms with E-state index in [4.69, 9.17) is 0 Å². The minimum Gasteiger partial charge on any atom is -0.396 e. The second-order valence-corrected chi connectivity index (χ2v) is 8.52. The first-order chi connectivity index (χ1) is 13.7. The van der Waals surface area contributed by atoms with Crippen LogP contribution >= 0.6 is 0 Å². The number of hydrogen-bond donors (Lipinski definition) is 1. The molecule has 0 unspecified atom stereocenters. The number of rotatable bonds is 9. The van der Waals surface area contributed by atoms with Crippen molar-refractivity contribution in [2.24, 2.45) is 5.92 Å². The first-order valence-corrected chi connectivity index (χ1v) is 10.8. The monoisotopic (exact) mass is 380 g/mol. The summed E-state index contributed by atoms with van der Waals surface area (Å²) in [5.41, 5.74) is 2.77. The summed E-state index contributed by atoms with van der Waals surface area (Å²) in [6.45, 7) is 10.3. The molecule has 1 aliphatic rings. The molecule has 0 radical (unpaired) electrons. The molecule has 1 heterocycles. The van der Waals surface area contributed by atoms with Gasteiger partial charge in [0.25, 0.3) is 0 Å². The lowest BCUT2D eigenvalue weighted by atomic mass is 9.90. The Morgan fingerprint density at radius 3 is 2.07 bits per heavy atom. The van der Waals surface area contributed by atoms with Crippen LogP contribution in [0.15, 0.2) is 60.7 Å². The Balaban J connectivity index is 1.71. The second-order valence-electron chi connectivity index (χ2n) is 8.52. The van der Waals surface area contributed by atoms with Gasteiger partial charge in [0, 0.05) is 44.7 Å². The van der Waals surface area contributed by atoms with Gasteiger partial charge in [-0.05, 0) is 36.4 Å². The van der Waals surface area contributed by atoms with Crippen LogP contribution in [0.3, 0.4) is 0 Å². The minimum absolute atomic E-state index is 0.275. The molecule has 1 fully saturated rings. The van der Waals surface area contributed by atoms with E-state index < -0.39 is 0 Å². The predicted octanol–water partition coefficient (Wildman–Crippen LogP) is 4.23. The molecule has 0 aliphatic carbocycles. The third kappa shape index (κ3) is 5.91. The van der Waals surface area contributed by atoms with Crippen molar-refractivity contribution in [3.8, 4) is 0 Å². The van der Waals surface area contributed by atoms with Gasteiger partial charge < -0.3 is 5.11 Å². The number of piperazine rings is 1. The lowest BCUT2D eigenvalue weighted by molar-refractivity contribution is 0.0546. The van der Waals surface area contributed by atoms with Crippen LogP contribution in [-0.2, 0) is 0 Å². The number of nitrogens with zero attached hydrogens (tertiary/aromatic N) is 2. The molecule has 0 amide bonds. The Kier molecular flexibility index (Phi) is 8.08. The van der Waals surface area contributed by atoms with Crippen LogP contribution in [0.1, 0.15) is 43.7 Å². The molecule has 1 N–H and O–H groups in total. The molecule has 3 nitrogen and oxygen atoms in total. The normalized spacial score (nSPS) is 18.8. The highest BCUT2D eigenvalue weighted by Crippen LogP contribution is 2.27. The van der Waals surface area contributed by atoms with Crippen molar-refractivity contribution in [3.63, 3.8) is 0 Å². The fraction of sp³-hybridized carbons (Fsp3) is 0.520. The van der Waals surface area contributed by atoms with E-state index >= 15 is 0 Å². The maximum atomic E-state index is 9.59. The maximum absolute atomic E-state index is 9.59. The molecule has 0 bridgehead atoms. The topological polar surface area (TPSA) is 26.7 Å². The fourth-order valence-corrected chi connectivity index (χ4v) is 4.30. The summed E-state index contributed by atoms with van der Waals surface area (Å²) in [7, 11) is 0. The fourth-order valence-electron chi connectivity index (χ4n) is 4.30. The standard InChI is InChI=1S/C25H36N2O/c1-21(2)13-15-27-17-16-26(19-24(27)14-18-28)20-25(22-9-5-3-6-10-22)23-11-7-4-8-12-23/h3-12,21,24-25,28H,13-20H2,1-2H3/t24-/m0/s1. The third-order valence-electron chi connectivity index (χ3n) is 5.99. The van der Waals surface area contributed by atoms with Crippen LogP contribution in [0.4, 0.5) is 0 Å². The summed E-state index contributed by atoms with van der Waals surface area (Å²) < 4.78 is 0. The summed E-state index contributed by atoms with van der Waals surface area (Å²) in [6.07, 6.45) is 2.11. The Hall–Kier alpha value is -1.68. The molecule has 3 rings (SSSR count). The van der Waals surface area contributed by atoms with Crippen molar-refractivity contribution in [1.29, 1.82) is 0 Å². The van der Waals surface area contributed by atoms with E-state index in [1.54, 1.807) is 0 Å². The first kappa shape index (κ1) is 21.0. The van der Waals surface area contributed by atoms with E-state index in [0.29, 0.717) is 12.0 Å². The quantitative estimate of drug-likeness (QED) is 0.705. The molecule has 0 aromatic heterocycles. The van der Waals surface area contributed by atoms with Crippen molar-refractivity contribution in [2.45, 2.75) is 38.6 Å². The van der Waals surface area contributed by atoms with E-state index in [9.17, 15) is 5.11 Å². The molecule has 2 aromatic carbocycles. The Labute approximate surface area is 171 Å². The smallest absolute Gasteiger partial charge is 0.0446 e. The van der Waals surface area contributed by atoms with Crippen LogP contribution in [0.5, 0.6) is 0 Å². The van der Waals surface area contributed by atoms with Crippen molar-refractivity contribution < 1.29 is 5.11 Å². The molecule has 1 atom stereocenters. The molecule has 0 saturated carbocycles. The lowest BCUT2D eigenvalue weighted by Crippen LogP contribution is -2.54. The zero-order valence-corrected chi connectivity index (χ0v) is 17.5. The summed E-state index contributed by atoms with van der Waals surface area (Å²) >= 11 is 0. The van der Waals surface area contributed by atoms with Crippen LogP contribution in [0.25, 0.3) is 0 Å². The van der Waals surface area contributed by atoms with Gasteiger partial charge in [0.2, 0.25) is 0 Å². The number of hydrogen-bond acceptors (Lipinski definition) is 3. The largest absolute Gasteiger partial charge is 0.396 e. The van der Waals surface area contributed by atoms with Gasteiger partial charge in [0.15, 0.2) is 0 Å². The summed E-state index contributed by atoms with van der Waals surface area (Å²) in [4.78, 5) is 5.21. The lowest BCUT2D eigenvalue weighted by Gasteiger charge is -2.43. The summed E-state index contributed by atoms with van der Waals surface area (Å²) in [6, 6.07) is 22.2. The molecular formula is C25H36N2O. The molecular weight excluding hydrogens is 344 g/mol. The summed E-state index contributed by atoms with van der Waals surface area (Å²) in [5.74, 6) is 1.12. The van der Waals surface area contributed by atoms with Crippen LogP contribution in [0, 0.1) is 5.92 Å². The molecule has 0 spiro atoms. The maximum Gasteiger partial charge on any atom is 0.0446 e. The van der Waals surface area contributed by atoms with E-state index in [2.05, 4.69) is 84.3 Å². The van der Waals surface area contributed by atoms with Gasteiger partial charge in [-0.3, -0.25) is 9.80 Å². The first-order valence-electron chi connectivity index (χ1n) is 10.8. The highest BCUT2D eigenvalue weighted by atomic mass is 16.3. The number of benzene rings is 2. The number of aliphatic hydroxyl groups is 1. The predicted molar refractivity (Wildman–Crippen MR) is 118 cm³/mol. The molecule has 2 aromatic rings. The molecule has 1 aliphatic heterocycles. The molecule has 28 heavy (non-hydrogen) atoms. The third-order valence-corrected chi connectivity index (χ3v) is 5.99. The molecule has 1 saturated heterocycles. The molecule has 3 heteroatoms. The molecule has 152 valence electrons. The van der Waals surface area contributed by atoms with Gasteiger partial charge in [-0.2, -0.15) is 0 Å². The minimum atomic E-state index is 0.275. The van der Waals surface area contributed by atoms with Gasteiger partial charge in [-0.1, -0.05) is 74.5 Å². The zero-order valence-electron chi connectivity index (χ0n) is 17.5. The van der Waals surface area contributed by atoms with Gasteiger partial charge in [0.05, 0.1) is 0 Å². The second kappa shape index (κ2) is 10.8. The van der Waals surface area contributed by atoms with Gasteiger partial charge >= 0.3 is 0 Å². The van der Waals surface area contributed by atoms with Gasteiger partial charge in [-0.25, -0.2) is 0 Å². The van der Waals surface area contributed by atoms with E-state index in [0.717, 1.165) is 45.1 Å². The van der Waals surface area contributed by atoms with E-state index in [-0.39, 0.29) is 6.61 Å². The average molecular weight is 381 g/mol. The van der Waals surface area contributed by atoms with Crippen molar-refractivity contribution >= 4 is 0 Å². The highest BCUT2D eigenvalue weighted by Gasteiger charge is 2.28. The van der Waals surface area contributed by atoms with Crippen LogP contribution in [-0.4, -0.2) is 60.3 Å². The Morgan fingerprint density at radius 1 is 0.929 bits per heavy atom. The van der Waals surface area contributed by atoms with Crippen molar-refractivity contribution in [2.75, 3.05) is 39.3 Å².